The predicted octanol–water partition coefficient (Wildman–Crippen LogP) is 3.27. The third kappa shape index (κ3) is 5.41. The fourth-order valence-electron chi connectivity index (χ4n) is 2.25. The summed E-state index contributed by atoms with van der Waals surface area (Å²) in [5.74, 6) is 2.07. The van der Waals surface area contributed by atoms with Crippen molar-refractivity contribution in [2.45, 2.75) is 26.9 Å². The van der Waals surface area contributed by atoms with Crippen molar-refractivity contribution in [2.75, 3.05) is 20.3 Å². The molecule has 0 saturated heterocycles. The second-order valence-electron chi connectivity index (χ2n) is 5.77. The minimum absolute atomic E-state index is 0.167. The number of hydrogen-bond acceptors (Lipinski definition) is 4. The summed E-state index contributed by atoms with van der Waals surface area (Å²) < 4.78 is 16.4. The molecule has 1 atom stereocenters. The molecule has 0 spiro atoms. The van der Waals surface area contributed by atoms with Crippen molar-refractivity contribution in [2.24, 2.45) is 0 Å². The van der Waals surface area contributed by atoms with Gasteiger partial charge in [0.1, 0.15) is 23.9 Å². The van der Waals surface area contributed by atoms with Gasteiger partial charge in [0.2, 0.25) is 0 Å². The van der Waals surface area contributed by atoms with E-state index in [0.717, 1.165) is 28.4 Å². The van der Waals surface area contributed by atoms with Gasteiger partial charge in [-0.3, -0.25) is 4.79 Å². The van der Waals surface area contributed by atoms with Crippen LogP contribution in [0.1, 0.15) is 18.1 Å². The SMILES string of the molecule is COc1ccc(OCCNC(=O)C(C)Oc2cccc(C)c2C)cc1. The molecule has 0 aliphatic rings. The molecule has 1 amide bonds. The molecular weight excluding hydrogens is 318 g/mol. The first-order valence-electron chi connectivity index (χ1n) is 8.28. The molecule has 2 aromatic rings. The number of ether oxygens (including phenoxy) is 3. The Balaban J connectivity index is 1.74. The van der Waals surface area contributed by atoms with E-state index in [1.807, 2.05) is 56.3 Å². The van der Waals surface area contributed by atoms with Gasteiger partial charge >= 0.3 is 0 Å². The highest BCUT2D eigenvalue weighted by atomic mass is 16.5. The lowest BCUT2D eigenvalue weighted by atomic mass is 10.1. The molecule has 1 unspecified atom stereocenters. The van der Waals surface area contributed by atoms with Crippen LogP contribution in [-0.4, -0.2) is 32.3 Å². The van der Waals surface area contributed by atoms with Crippen molar-refractivity contribution in [3.63, 3.8) is 0 Å². The van der Waals surface area contributed by atoms with Gasteiger partial charge in [-0.2, -0.15) is 0 Å². The Bertz CT molecular complexity index is 697. The zero-order chi connectivity index (χ0) is 18.2. The lowest BCUT2D eigenvalue weighted by molar-refractivity contribution is -0.127. The van der Waals surface area contributed by atoms with Crippen LogP contribution in [0.5, 0.6) is 17.2 Å². The smallest absolute Gasteiger partial charge is 0.260 e. The maximum absolute atomic E-state index is 12.1. The van der Waals surface area contributed by atoms with Crippen LogP contribution in [0.3, 0.4) is 0 Å². The highest BCUT2D eigenvalue weighted by Crippen LogP contribution is 2.21. The summed E-state index contributed by atoms with van der Waals surface area (Å²) in [5, 5.41) is 2.82. The van der Waals surface area contributed by atoms with E-state index >= 15 is 0 Å². The Kier molecular flexibility index (Phi) is 6.69. The highest BCUT2D eigenvalue weighted by Gasteiger charge is 2.15. The van der Waals surface area contributed by atoms with Gasteiger partial charge < -0.3 is 19.5 Å². The van der Waals surface area contributed by atoms with Gasteiger partial charge in [-0.05, 0) is 62.2 Å². The molecule has 2 aromatic carbocycles. The van der Waals surface area contributed by atoms with Gasteiger partial charge in [0.05, 0.1) is 13.7 Å². The second-order valence-corrected chi connectivity index (χ2v) is 5.77. The monoisotopic (exact) mass is 343 g/mol. The fraction of sp³-hybridized carbons (Fsp3) is 0.350. The third-order valence-corrected chi connectivity index (χ3v) is 3.96. The highest BCUT2D eigenvalue weighted by molar-refractivity contribution is 5.80. The van der Waals surface area contributed by atoms with Crippen molar-refractivity contribution < 1.29 is 19.0 Å². The second kappa shape index (κ2) is 8.97. The molecule has 0 fully saturated rings. The minimum Gasteiger partial charge on any atom is -0.497 e. The van der Waals surface area contributed by atoms with E-state index in [1.165, 1.54) is 0 Å². The van der Waals surface area contributed by atoms with Crippen LogP contribution in [0.15, 0.2) is 42.5 Å². The van der Waals surface area contributed by atoms with Gasteiger partial charge in [-0.25, -0.2) is 0 Å². The van der Waals surface area contributed by atoms with Crippen molar-refractivity contribution in [3.05, 3.63) is 53.6 Å². The minimum atomic E-state index is -0.568. The Labute approximate surface area is 148 Å². The van der Waals surface area contributed by atoms with Crippen LogP contribution in [0.25, 0.3) is 0 Å². The first kappa shape index (κ1) is 18.6. The quantitative estimate of drug-likeness (QED) is 0.748. The number of amides is 1. The molecule has 5 nitrogen and oxygen atoms in total. The van der Waals surface area contributed by atoms with Crippen LogP contribution in [0.4, 0.5) is 0 Å². The maximum atomic E-state index is 12.1. The van der Waals surface area contributed by atoms with E-state index in [1.54, 1.807) is 14.0 Å². The first-order chi connectivity index (χ1) is 12.0. The van der Waals surface area contributed by atoms with E-state index in [2.05, 4.69) is 5.32 Å². The molecule has 5 heteroatoms. The lowest BCUT2D eigenvalue weighted by Gasteiger charge is -2.17. The average Bonchev–Trinajstić information content (AvgIpc) is 2.62. The van der Waals surface area contributed by atoms with E-state index < -0.39 is 6.10 Å². The predicted molar refractivity (Wildman–Crippen MR) is 97.5 cm³/mol. The van der Waals surface area contributed by atoms with Crippen LogP contribution >= 0.6 is 0 Å². The molecule has 134 valence electrons. The largest absolute Gasteiger partial charge is 0.497 e. The van der Waals surface area contributed by atoms with Gasteiger partial charge in [0.25, 0.3) is 5.91 Å². The Morgan fingerprint density at radius 1 is 1.08 bits per heavy atom. The molecule has 0 aliphatic carbocycles. The van der Waals surface area contributed by atoms with Crippen molar-refractivity contribution in [1.82, 2.24) is 5.32 Å². The number of methoxy groups -OCH3 is 1. The molecule has 1 N–H and O–H groups in total. The van der Waals surface area contributed by atoms with Gasteiger partial charge in [-0.15, -0.1) is 0 Å². The third-order valence-electron chi connectivity index (χ3n) is 3.96. The topological polar surface area (TPSA) is 56.8 Å². The summed E-state index contributed by atoms with van der Waals surface area (Å²) in [6, 6.07) is 13.1. The zero-order valence-electron chi connectivity index (χ0n) is 15.2. The van der Waals surface area contributed by atoms with Crippen molar-refractivity contribution >= 4 is 5.91 Å². The van der Waals surface area contributed by atoms with Crippen LogP contribution in [0, 0.1) is 13.8 Å². The average molecular weight is 343 g/mol. The first-order valence-corrected chi connectivity index (χ1v) is 8.28. The van der Waals surface area contributed by atoms with Gasteiger partial charge in [-0.1, -0.05) is 12.1 Å². The van der Waals surface area contributed by atoms with Crippen LogP contribution in [-0.2, 0) is 4.79 Å². The van der Waals surface area contributed by atoms with E-state index in [4.69, 9.17) is 14.2 Å². The molecule has 0 aliphatic heterocycles. The van der Waals surface area contributed by atoms with E-state index in [-0.39, 0.29) is 5.91 Å². The summed E-state index contributed by atoms with van der Waals surface area (Å²) in [7, 11) is 1.62. The molecule has 2 rings (SSSR count). The number of benzene rings is 2. The van der Waals surface area contributed by atoms with Crippen LogP contribution < -0.4 is 19.5 Å². The summed E-state index contributed by atoms with van der Waals surface area (Å²) in [4.78, 5) is 12.1. The van der Waals surface area contributed by atoms with Crippen molar-refractivity contribution in [1.29, 1.82) is 0 Å². The summed E-state index contributed by atoms with van der Waals surface area (Å²) in [5.41, 5.74) is 2.18. The Hall–Kier alpha value is -2.69. The standard InChI is InChI=1S/C20H25NO4/c1-14-6-5-7-19(15(14)2)25-16(3)20(22)21-12-13-24-18-10-8-17(23-4)9-11-18/h5-11,16H,12-13H2,1-4H3,(H,21,22). The molecule has 0 radical (unpaired) electrons. The number of hydrogen-bond donors (Lipinski definition) is 1. The molecule has 0 bridgehead atoms. The summed E-state index contributed by atoms with van der Waals surface area (Å²) >= 11 is 0. The molecule has 25 heavy (non-hydrogen) atoms. The number of aryl methyl sites for hydroxylation is 1. The molecular formula is C20H25NO4. The normalized spacial score (nSPS) is 11.5. The molecule has 0 saturated carbocycles. The van der Waals surface area contributed by atoms with Crippen molar-refractivity contribution in [3.8, 4) is 17.2 Å². The van der Waals surface area contributed by atoms with E-state index in [9.17, 15) is 4.79 Å². The fourth-order valence-corrected chi connectivity index (χ4v) is 2.25. The number of carbonyl (C=O) groups is 1. The van der Waals surface area contributed by atoms with Gasteiger partial charge in [0.15, 0.2) is 6.10 Å². The molecule has 0 heterocycles. The zero-order valence-corrected chi connectivity index (χ0v) is 15.2. The Morgan fingerprint density at radius 3 is 2.44 bits per heavy atom. The Morgan fingerprint density at radius 2 is 1.76 bits per heavy atom. The maximum Gasteiger partial charge on any atom is 0.260 e. The lowest BCUT2D eigenvalue weighted by Crippen LogP contribution is -2.38. The van der Waals surface area contributed by atoms with E-state index in [0.29, 0.717) is 13.2 Å². The number of nitrogens with one attached hydrogen (secondary N) is 1. The number of carbonyl (C=O) groups excluding carboxylic acids is 1. The summed E-state index contributed by atoms with van der Waals surface area (Å²) in [6.45, 7) is 6.53. The van der Waals surface area contributed by atoms with Crippen LogP contribution in [0.2, 0.25) is 0 Å². The molecule has 0 aromatic heterocycles. The van der Waals surface area contributed by atoms with Gasteiger partial charge in [0, 0.05) is 0 Å². The summed E-state index contributed by atoms with van der Waals surface area (Å²) in [6.07, 6.45) is -0.568. The number of rotatable bonds is 8.